The molecule has 0 radical (unpaired) electrons. The van der Waals surface area contributed by atoms with Crippen molar-refractivity contribution in [1.29, 1.82) is 0 Å². The highest BCUT2D eigenvalue weighted by Crippen LogP contribution is 2.47. The largest absolute Gasteiger partial charge is 0.371 e. The Hall–Kier alpha value is -1.55. The monoisotopic (exact) mass is 327 g/mol. The zero-order valence-electron chi connectivity index (χ0n) is 14.4. The molecule has 1 aromatic rings. The molecular weight excluding hydrogens is 298 g/mol. The number of fused-ring (bicyclic) bond motifs is 2. The van der Waals surface area contributed by atoms with Crippen molar-refractivity contribution in [2.75, 3.05) is 23.3 Å². The molecule has 24 heavy (non-hydrogen) atoms. The lowest BCUT2D eigenvalue weighted by molar-refractivity contribution is -0.121. The predicted molar refractivity (Wildman–Crippen MR) is 98.0 cm³/mol. The number of anilines is 2. The number of carbonyl (C=O) groups is 1. The molecule has 3 aliphatic rings. The van der Waals surface area contributed by atoms with E-state index in [0.717, 1.165) is 25.2 Å². The molecule has 4 unspecified atom stereocenters. The first-order chi connectivity index (χ1) is 11.7. The second-order valence-corrected chi connectivity index (χ2v) is 7.88. The molecule has 1 heterocycles. The molecule has 2 bridgehead atoms. The van der Waals surface area contributed by atoms with Crippen molar-refractivity contribution >= 4 is 17.3 Å². The van der Waals surface area contributed by atoms with E-state index < -0.39 is 0 Å². The SMILES string of the molecule is NC1C2CCC(C2)C1C(=O)Nc1cccc(N2CCCCCC2)c1. The average molecular weight is 327 g/mol. The van der Waals surface area contributed by atoms with E-state index in [1.807, 2.05) is 6.07 Å². The Kier molecular flexibility index (Phi) is 4.49. The van der Waals surface area contributed by atoms with Gasteiger partial charge in [0.05, 0.1) is 5.92 Å². The van der Waals surface area contributed by atoms with Crippen LogP contribution >= 0.6 is 0 Å². The van der Waals surface area contributed by atoms with Crippen LogP contribution in [0.15, 0.2) is 24.3 Å². The third-order valence-electron chi connectivity index (χ3n) is 6.37. The maximum atomic E-state index is 12.8. The van der Waals surface area contributed by atoms with Gasteiger partial charge in [0.25, 0.3) is 0 Å². The molecule has 3 fully saturated rings. The van der Waals surface area contributed by atoms with E-state index in [-0.39, 0.29) is 17.9 Å². The first kappa shape index (κ1) is 15.9. The van der Waals surface area contributed by atoms with Gasteiger partial charge in [-0.25, -0.2) is 0 Å². The van der Waals surface area contributed by atoms with Crippen molar-refractivity contribution in [2.24, 2.45) is 23.5 Å². The summed E-state index contributed by atoms with van der Waals surface area (Å²) in [4.78, 5) is 15.2. The highest BCUT2D eigenvalue weighted by molar-refractivity contribution is 5.94. The summed E-state index contributed by atoms with van der Waals surface area (Å²) in [7, 11) is 0. The second kappa shape index (κ2) is 6.75. The molecule has 1 amide bonds. The fourth-order valence-electron chi connectivity index (χ4n) is 5.06. The lowest BCUT2D eigenvalue weighted by atomic mass is 9.84. The molecule has 3 N–H and O–H groups in total. The first-order valence-corrected chi connectivity index (χ1v) is 9.64. The van der Waals surface area contributed by atoms with Crippen molar-refractivity contribution in [2.45, 2.75) is 51.0 Å². The van der Waals surface area contributed by atoms with Crippen molar-refractivity contribution in [3.63, 3.8) is 0 Å². The van der Waals surface area contributed by atoms with Gasteiger partial charge in [0.1, 0.15) is 0 Å². The number of hydrogen-bond donors (Lipinski definition) is 2. The Bertz CT molecular complexity index is 592. The first-order valence-electron chi connectivity index (χ1n) is 9.64. The number of nitrogens with one attached hydrogen (secondary N) is 1. The third-order valence-corrected chi connectivity index (χ3v) is 6.37. The van der Waals surface area contributed by atoms with Crippen LogP contribution in [-0.2, 0) is 4.79 Å². The summed E-state index contributed by atoms with van der Waals surface area (Å²) in [6.45, 7) is 2.24. The van der Waals surface area contributed by atoms with Crippen LogP contribution in [0.25, 0.3) is 0 Å². The summed E-state index contributed by atoms with van der Waals surface area (Å²) in [5.41, 5.74) is 8.46. The molecular formula is C20H29N3O. The lowest BCUT2D eigenvalue weighted by Crippen LogP contribution is -2.42. The molecule has 2 aliphatic carbocycles. The van der Waals surface area contributed by atoms with E-state index in [9.17, 15) is 4.79 Å². The van der Waals surface area contributed by atoms with Gasteiger partial charge in [-0.1, -0.05) is 18.9 Å². The lowest BCUT2D eigenvalue weighted by Gasteiger charge is -2.27. The number of nitrogens with zero attached hydrogens (tertiary/aromatic N) is 1. The van der Waals surface area contributed by atoms with Crippen molar-refractivity contribution in [3.8, 4) is 0 Å². The molecule has 4 atom stereocenters. The molecule has 4 heteroatoms. The highest BCUT2D eigenvalue weighted by Gasteiger charge is 2.49. The predicted octanol–water partition coefficient (Wildman–Crippen LogP) is 3.38. The summed E-state index contributed by atoms with van der Waals surface area (Å²) in [5, 5.41) is 3.15. The molecule has 4 rings (SSSR count). The Labute approximate surface area is 144 Å². The molecule has 1 aliphatic heterocycles. The Morgan fingerprint density at radius 2 is 1.83 bits per heavy atom. The van der Waals surface area contributed by atoms with Gasteiger partial charge in [-0.3, -0.25) is 4.79 Å². The third kappa shape index (κ3) is 3.04. The van der Waals surface area contributed by atoms with E-state index in [1.54, 1.807) is 0 Å². The fourth-order valence-corrected chi connectivity index (χ4v) is 5.06. The summed E-state index contributed by atoms with van der Waals surface area (Å²) in [5.74, 6) is 1.20. The van der Waals surface area contributed by atoms with Crippen LogP contribution < -0.4 is 16.0 Å². The quantitative estimate of drug-likeness (QED) is 0.895. The summed E-state index contributed by atoms with van der Waals surface area (Å²) >= 11 is 0. The van der Waals surface area contributed by atoms with Gasteiger partial charge in [0, 0.05) is 30.5 Å². The zero-order chi connectivity index (χ0) is 16.5. The van der Waals surface area contributed by atoms with Gasteiger partial charge in [-0.15, -0.1) is 0 Å². The number of rotatable bonds is 3. The van der Waals surface area contributed by atoms with Crippen LogP contribution in [0.2, 0.25) is 0 Å². The van der Waals surface area contributed by atoms with Crippen molar-refractivity contribution < 1.29 is 4.79 Å². The molecule has 0 spiro atoms. The van der Waals surface area contributed by atoms with Crippen LogP contribution in [-0.4, -0.2) is 25.0 Å². The van der Waals surface area contributed by atoms with E-state index in [0.29, 0.717) is 11.8 Å². The number of carbonyl (C=O) groups excluding carboxylic acids is 1. The number of nitrogens with two attached hydrogens (primary N) is 1. The highest BCUT2D eigenvalue weighted by atomic mass is 16.2. The maximum absolute atomic E-state index is 12.8. The maximum Gasteiger partial charge on any atom is 0.229 e. The molecule has 2 saturated carbocycles. The normalized spacial score (nSPS) is 32.6. The Morgan fingerprint density at radius 1 is 1.08 bits per heavy atom. The minimum Gasteiger partial charge on any atom is -0.371 e. The molecule has 1 saturated heterocycles. The molecule has 0 aromatic heterocycles. The summed E-state index contributed by atoms with van der Waals surface area (Å²) < 4.78 is 0. The number of hydrogen-bond acceptors (Lipinski definition) is 3. The topological polar surface area (TPSA) is 58.4 Å². The van der Waals surface area contributed by atoms with E-state index in [2.05, 4.69) is 28.4 Å². The molecule has 130 valence electrons. The van der Waals surface area contributed by atoms with Gasteiger partial charge < -0.3 is 16.0 Å². The van der Waals surface area contributed by atoms with Gasteiger partial charge in [-0.2, -0.15) is 0 Å². The van der Waals surface area contributed by atoms with Gasteiger partial charge in [0.2, 0.25) is 5.91 Å². The molecule has 4 nitrogen and oxygen atoms in total. The average Bonchev–Trinajstić information content (AvgIpc) is 3.05. The van der Waals surface area contributed by atoms with E-state index >= 15 is 0 Å². The smallest absolute Gasteiger partial charge is 0.229 e. The Morgan fingerprint density at radius 3 is 2.54 bits per heavy atom. The number of benzene rings is 1. The summed E-state index contributed by atoms with van der Waals surface area (Å²) in [6.07, 6.45) is 8.70. The standard InChI is InChI=1S/C20H29N3O/c21-19-15-9-8-14(12-15)18(19)20(24)22-16-6-5-7-17(13-16)23-10-3-1-2-4-11-23/h5-7,13-15,18-19H,1-4,8-12,21H2,(H,22,24). The minimum absolute atomic E-state index is 0.00518. The van der Waals surface area contributed by atoms with Crippen LogP contribution in [0, 0.1) is 17.8 Å². The Balaban J connectivity index is 1.45. The fraction of sp³-hybridized carbons (Fsp3) is 0.650. The molecule has 1 aromatic carbocycles. The zero-order valence-corrected chi connectivity index (χ0v) is 14.4. The van der Waals surface area contributed by atoms with Crippen molar-refractivity contribution in [3.05, 3.63) is 24.3 Å². The van der Waals surface area contributed by atoms with Crippen LogP contribution in [0.1, 0.15) is 44.9 Å². The minimum atomic E-state index is 0.00518. The van der Waals surface area contributed by atoms with E-state index in [4.69, 9.17) is 5.73 Å². The van der Waals surface area contributed by atoms with E-state index in [1.165, 1.54) is 44.2 Å². The number of amides is 1. The summed E-state index contributed by atoms with van der Waals surface area (Å²) in [6, 6.07) is 8.39. The van der Waals surface area contributed by atoms with Crippen LogP contribution in [0.3, 0.4) is 0 Å². The van der Waals surface area contributed by atoms with Crippen LogP contribution in [0.5, 0.6) is 0 Å². The second-order valence-electron chi connectivity index (χ2n) is 7.88. The van der Waals surface area contributed by atoms with Crippen LogP contribution in [0.4, 0.5) is 11.4 Å². The van der Waals surface area contributed by atoms with Crippen molar-refractivity contribution in [1.82, 2.24) is 0 Å². The van der Waals surface area contributed by atoms with Gasteiger partial charge in [0.15, 0.2) is 0 Å². The van der Waals surface area contributed by atoms with Gasteiger partial charge >= 0.3 is 0 Å². The van der Waals surface area contributed by atoms with Gasteiger partial charge in [-0.05, 0) is 62.1 Å².